The Balaban J connectivity index is 2.31. The van der Waals surface area contributed by atoms with Crippen molar-refractivity contribution in [1.29, 1.82) is 0 Å². The molecule has 1 heterocycles. The highest BCUT2D eigenvalue weighted by molar-refractivity contribution is 5.70. The second-order valence-electron chi connectivity index (χ2n) is 15.9. The van der Waals surface area contributed by atoms with Crippen LogP contribution in [0.2, 0.25) is 0 Å². The van der Waals surface area contributed by atoms with Crippen LogP contribution in [-0.4, -0.2) is 89.0 Å². The lowest BCUT2D eigenvalue weighted by atomic mass is 9.99. The van der Waals surface area contributed by atoms with E-state index in [1.165, 1.54) is 141 Å². The summed E-state index contributed by atoms with van der Waals surface area (Å²) < 4.78 is 22.2. The second-order valence-corrected chi connectivity index (χ2v) is 15.9. The third-order valence-corrected chi connectivity index (χ3v) is 10.7. The van der Waals surface area contributed by atoms with Gasteiger partial charge in [0.05, 0.1) is 13.2 Å². The summed E-state index contributed by atoms with van der Waals surface area (Å²) in [6.45, 7) is 3.45. The van der Waals surface area contributed by atoms with E-state index in [4.69, 9.17) is 18.9 Å². The summed E-state index contributed by atoms with van der Waals surface area (Å²) in [6.07, 6.45) is 28.2. The van der Waals surface area contributed by atoms with Gasteiger partial charge in [-0.2, -0.15) is 0 Å². The van der Waals surface area contributed by atoms with E-state index in [1.54, 1.807) is 0 Å². The van der Waals surface area contributed by atoms with Crippen molar-refractivity contribution in [2.24, 2.45) is 0 Å². The Morgan fingerprint density at radius 2 is 0.870 bits per heavy atom. The molecule has 1 aliphatic rings. The number of rotatable bonds is 38. The number of hydrogen-bond donors (Lipinski definition) is 4. The number of esters is 2. The van der Waals surface area contributed by atoms with Crippen molar-refractivity contribution >= 4 is 11.9 Å². The zero-order valence-electron chi connectivity index (χ0n) is 34.7. The first-order valence-electron chi connectivity index (χ1n) is 22.6. The predicted octanol–water partition coefficient (Wildman–Crippen LogP) is 9.39. The van der Waals surface area contributed by atoms with Gasteiger partial charge >= 0.3 is 11.9 Å². The van der Waals surface area contributed by atoms with Crippen molar-refractivity contribution in [3.8, 4) is 0 Å². The lowest BCUT2D eigenvalue weighted by Gasteiger charge is -2.39. The SMILES string of the molecule is CCCCCCCCCCCCCCCCCC(=O)OC[C@H](CO[C@@H]1O[C@H](CO)[C@H](O)[C@H](O)[C@H]1O)OC(=O)CCCCCCCCCCCCCCCC. The minimum absolute atomic E-state index is 0.209. The molecule has 6 atom stereocenters. The van der Waals surface area contributed by atoms with Gasteiger partial charge in [0, 0.05) is 12.8 Å². The molecule has 0 radical (unpaired) electrons. The topological polar surface area (TPSA) is 152 Å². The molecule has 0 aromatic rings. The highest BCUT2D eigenvalue weighted by Gasteiger charge is 2.44. The zero-order chi connectivity index (χ0) is 39.5. The highest BCUT2D eigenvalue weighted by Crippen LogP contribution is 2.23. The Morgan fingerprint density at radius 3 is 1.26 bits per heavy atom. The normalized spacial score (nSPS) is 20.6. The molecule has 10 heteroatoms. The second kappa shape index (κ2) is 36.1. The number of ether oxygens (including phenoxy) is 4. The minimum atomic E-state index is -1.59. The summed E-state index contributed by atoms with van der Waals surface area (Å²) >= 11 is 0. The van der Waals surface area contributed by atoms with Crippen molar-refractivity contribution in [3.05, 3.63) is 0 Å². The maximum Gasteiger partial charge on any atom is 0.306 e. The molecule has 0 spiro atoms. The fraction of sp³-hybridized carbons (Fsp3) is 0.955. The summed E-state index contributed by atoms with van der Waals surface area (Å²) in [7, 11) is 0. The average molecular weight is 773 g/mol. The van der Waals surface area contributed by atoms with Gasteiger partial charge in [-0.1, -0.05) is 187 Å². The van der Waals surface area contributed by atoms with Crippen LogP contribution in [0.4, 0.5) is 0 Å². The Hall–Kier alpha value is -1.30. The molecule has 0 aromatic carbocycles. The molecule has 320 valence electrons. The van der Waals surface area contributed by atoms with Crippen molar-refractivity contribution in [2.45, 2.75) is 250 Å². The van der Waals surface area contributed by atoms with Gasteiger partial charge in [-0.15, -0.1) is 0 Å². The fourth-order valence-corrected chi connectivity index (χ4v) is 7.13. The number of aliphatic hydroxyl groups excluding tert-OH is 4. The van der Waals surface area contributed by atoms with Gasteiger partial charge in [0.1, 0.15) is 31.0 Å². The molecule has 10 nitrogen and oxygen atoms in total. The molecule has 0 amide bonds. The van der Waals surface area contributed by atoms with E-state index < -0.39 is 49.4 Å². The van der Waals surface area contributed by atoms with Crippen LogP contribution in [0.25, 0.3) is 0 Å². The number of unbranched alkanes of at least 4 members (excludes halogenated alkanes) is 27. The van der Waals surface area contributed by atoms with E-state index in [1.807, 2.05) is 0 Å². The molecule has 1 rings (SSSR count). The maximum atomic E-state index is 12.7. The van der Waals surface area contributed by atoms with Crippen molar-refractivity contribution in [3.63, 3.8) is 0 Å². The molecule has 1 aliphatic heterocycles. The quantitative estimate of drug-likeness (QED) is 0.0353. The van der Waals surface area contributed by atoms with Crippen molar-refractivity contribution < 1.29 is 49.0 Å². The number of carbonyl (C=O) groups excluding carboxylic acids is 2. The van der Waals surface area contributed by atoms with Gasteiger partial charge in [-0.05, 0) is 12.8 Å². The summed E-state index contributed by atoms with van der Waals surface area (Å²) in [5, 5.41) is 40.0. The molecule has 0 aliphatic carbocycles. The van der Waals surface area contributed by atoms with Crippen molar-refractivity contribution in [1.82, 2.24) is 0 Å². The van der Waals surface area contributed by atoms with Crippen LogP contribution in [0.5, 0.6) is 0 Å². The number of carbonyl (C=O) groups is 2. The zero-order valence-corrected chi connectivity index (χ0v) is 34.7. The molecule has 1 saturated heterocycles. The standard InChI is InChI=1S/C44H84O10/c1-3-5-7-9-11-13-15-17-19-21-22-24-26-28-30-32-39(46)51-35-37(36-52-44-43(50)42(49)41(48)38(34-45)54-44)53-40(47)33-31-29-27-25-23-20-18-16-14-12-10-8-6-4-2/h37-38,41-45,48-50H,3-36H2,1-2H3/t37-,38-,41+,42+,43-,44-/m1/s1. The Kier molecular flexibility index (Phi) is 33.9. The first-order chi connectivity index (χ1) is 26.3. The lowest BCUT2D eigenvalue weighted by molar-refractivity contribution is -0.305. The van der Waals surface area contributed by atoms with Crippen LogP contribution >= 0.6 is 0 Å². The van der Waals surface area contributed by atoms with Crippen LogP contribution in [0.3, 0.4) is 0 Å². The van der Waals surface area contributed by atoms with Gasteiger partial charge in [0.15, 0.2) is 12.4 Å². The van der Waals surface area contributed by atoms with Crippen LogP contribution in [0, 0.1) is 0 Å². The van der Waals surface area contributed by atoms with E-state index in [0.29, 0.717) is 6.42 Å². The Morgan fingerprint density at radius 1 is 0.500 bits per heavy atom. The minimum Gasteiger partial charge on any atom is -0.462 e. The smallest absolute Gasteiger partial charge is 0.306 e. The highest BCUT2D eigenvalue weighted by atomic mass is 16.7. The lowest BCUT2D eigenvalue weighted by Crippen LogP contribution is -2.59. The van der Waals surface area contributed by atoms with Crippen molar-refractivity contribution in [2.75, 3.05) is 19.8 Å². The van der Waals surface area contributed by atoms with E-state index in [2.05, 4.69) is 13.8 Å². The monoisotopic (exact) mass is 773 g/mol. The summed E-state index contributed by atoms with van der Waals surface area (Å²) in [6, 6.07) is 0. The van der Waals surface area contributed by atoms with Gasteiger partial charge in [-0.25, -0.2) is 0 Å². The molecule has 1 fully saturated rings. The molecule has 0 aromatic heterocycles. The number of hydrogen-bond acceptors (Lipinski definition) is 10. The predicted molar refractivity (Wildman–Crippen MR) is 215 cm³/mol. The summed E-state index contributed by atoms with van der Waals surface area (Å²) in [4.78, 5) is 25.3. The summed E-state index contributed by atoms with van der Waals surface area (Å²) in [5.41, 5.74) is 0. The van der Waals surface area contributed by atoms with E-state index in [9.17, 15) is 30.0 Å². The largest absolute Gasteiger partial charge is 0.462 e. The third-order valence-electron chi connectivity index (χ3n) is 10.7. The van der Waals surface area contributed by atoms with E-state index in [0.717, 1.165) is 38.5 Å². The molecule has 4 N–H and O–H groups in total. The van der Waals surface area contributed by atoms with Crippen LogP contribution in [-0.2, 0) is 28.5 Å². The molecule has 0 bridgehead atoms. The Labute approximate surface area is 329 Å². The van der Waals surface area contributed by atoms with Gasteiger partial charge in [0.2, 0.25) is 0 Å². The van der Waals surface area contributed by atoms with Crippen LogP contribution < -0.4 is 0 Å². The molecule has 0 unspecified atom stereocenters. The molecular formula is C44H84O10. The molecular weight excluding hydrogens is 688 g/mol. The van der Waals surface area contributed by atoms with Crippen LogP contribution in [0.1, 0.15) is 213 Å². The maximum absolute atomic E-state index is 12.7. The average Bonchev–Trinajstić information content (AvgIpc) is 3.17. The van der Waals surface area contributed by atoms with E-state index in [-0.39, 0.29) is 32.0 Å². The van der Waals surface area contributed by atoms with Gasteiger partial charge < -0.3 is 39.4 Å². The van der Waals surface area contributed by atoms with Gasteiger partial charge in [0.25, 0.3) is 0 Å². The molecule has 0 saturated carbocycles. The summed E-state index contributed by atoms with van der Waals surface area (Å²) in [5.74, 6) is -0.791. The van der Waals surface area contributed by atoms with Gasteiger partial charge in [-0.3, -0.25) is 9.59 Å². The Bertz CT molecular complexity index is 855. The molecule has 54 heavy (non-hydrogen) atoms. The third kappa shape index (κ3) is 27.3. The van der Waals surface area contributed by atoms with Crippen LogP contribution in [0.15, 0.2) is 0 Å². The number of aliphatic hydroxyl groups is 4. The first kappa shape index (κ1) is 50.7. The van der Waals surface area contributed by atoms with E-state index >= 15 is 0 Å². The first-order valence-corrected chi connectivity index (χ1v) is 22.6. The fourth-order valence-electron chi connectivity index (χ4n) is 7.13.